The standard InChI is InChI=1S/C26H31N3O4/c1-17-8-6-9-18(25(17)26(30)31-5)15-32-20-10-7-11-21(13-20)33-16-19-12-23(28-3)24(29-4)14-22(19)27-2/h6-14,27-29H,15-16H2,1-5H3. The second-order valence-corrected chi connectivity index (χ2v) is 7.46. The van der Waals surface area contributed by atoms with Crippen molar-refractivity contribution in [2.24, 2.45) is 0 Å². The summed E-state index contributed by atoms with van der Waals surface area (Å²) in [6.45, 7) is 2.52. The maximum Gasteiger partial charge on any atom is 0.338 e. The summed E-state index contributed by atoms with van der Waals surface area (Å²) < 4.78 is 16.9. The van der Waals surface area contributed by atoms with E-state index in [0.29, 0.717) is 23.7 Å². The van der Waals surface area contributed by atoms with Crippen LogP contribution in [-0.2, 0) is 18.0 Å². The number of rotatable bonds is 10. The highest BCUT2D eigenvalue weighted by Crippen LogP contribution is 2.30. The van der Waals surface area contributed by atoms with Crippen molar-refractivity contribution in [2.45, 2.75) is 20.1 Å². The van der Waals surface area contributed by atoms with Crippen molar-refractivity contribution in [1.82, 2.24) is 0 Å². The molecule has 0 amide bonds. The summed E-state index contributed by atoms with van der Waals surface area (Å²) >= 11 is 0. The molecule has 3 rings (SSSR count). The van der Waals surface area contributed by atoms with Crippen LogP contribution in [0.2, 0.25) is 0 Å². The molecule has 0 atom stereocenters. The maximum absolute atomic E-state index is 12.2. The Kier molecular flexibility index (Phi) is 8.02. The average Bonchev–Trinajstić information content (AvgIpc) is 2.85. The molecule has 3 aromatic carbocycles. The zero-order chi connectivity index (χ0) is 23.8. The second-order valence-electron chi connectivity index (χ2n) is 7.46. The molecular weight excluding hydrogens is 418 g/mol. The Labute approximate surface area is 195 Å². The molecule has 0 aliphatic heterocycles. The van der Waals surface area contributed by atoms with Gasteiger partial charge in [-0.1, -0.05) is 24.3 Å². The molecule has 0 aliphatic carbocycles. The molecule has 0 saturated carbocycles. The van der Waals surface area contributed by atoms with E-state index < -0.39 is 0 Å². The summed E-state index contributed by atoms with van der Waals surface area (Å²) in [5, 5.41) is 9.61. The third-order valence-corrected chi connectivity index (χ3v) is 5.39. The minimum Gasteiger partial charge on any atom is -0.489 e. The first kappa shape index (κ1) is 23.8. The van der Waals surface area contributed by atoms with Gasteiger partial charge < -0.3 is 30.2 Å². The highest BCUT2D eigenvalue weighted by atomic mass is 16.5. The monoisotopic (exact) mass is 449 g/mol. The molecule has 3 N–H and O–H groups in total. The fourth-order valence-electron chi connectivity index (χ4n) is 3.63. The number of carbonyl (C=O) groups excluding carboxylic acids is 1. The van der Waals surface area contributed by atoms with Gasteiger partial charge in [-0.2, -0.15) is 0 Å². The van der Waals surface area contributed by atoms with Gasteiger partial charge in [0, 0.05) is 44.0 Å². The van der Waals surface area contributed by atoms with Crippen molar-refractivity contribution in [3.8, 4) is 11.5 Å². The van der Waals surface area contributed by atoms with Gasteiger partial charge in [-0.25, -0.2) is 4.79 Å². The summed E-state index contributed by atoms with van der Waals surface area (Å²) in [6, 6.07) is 17.2. The second kappa shape index (κ2) is 11.1. The van der Waals surface area contributed by atoms with E-state index in [1.165, 1.54) is 7.11 Å². The summed E-state index contributed by atoms with van der Waals surface area (Å²) in [4.78, 5) is 12.2. The molecule has 0 bridgehead atoms. The van der Waals surface area contributed by atoms with Gasteiger partial charge in [0.15, 0.2) is 0 Å². The Balaban J connectivity index is 1.72. The quantitative estimate of drug-likeness (QED) is 0.373. The molecule has 7 heteroatoms. The fraction of sp³-hybridized carbons (Fsp3) is 0.269. The minimum absolute atomic E-state index is 0.247. The molecule has 33 heavy (non-hydrogen) atoms. The highest BCUT2D eigenvalue weighted by molar-refractivity contribution is 5.92. The molecular formula is C26H31N3O4. The molecule has 0 radical (unpaired) electrons. The first-order valence-corrected chi connectivity index (χ1v) is 10.7. The van der Waals surface area contributed by atoms with E-state index in [4.69, 9.17) is 14.2 Å². The molecule has 3 aromatic rings. The lowest BCUT2D eigenvalue weighted by Crippen LogP contribution is -2.10. The number of ether oxygens (including phenoxy) is 3. The van der Waals surface area contributed by atoms with Gasteiger partial charge in [0.1, 0.15) is 24.7 Å². The van der Waals surface area contributed by atoms with E-state index in [1.807, 2.05) is 76.6 Å². The van der Waals surface area contributed by atoms with E-state index in [0.717, 1.165) is 33.8 Å². The maximum atomic E-state index is 12.2. The van der Waals surface area contributed by atoms with Crippen molar-refractivity contribution in [1.29, 1.82) is 0 Å². The number of methoxy groups -OCH3 is 1. The topological polar surface area (TPSA) is 80.9 Å². The van der Waals surface area contributed by atoms with E-state index in [2.05, 4.69) is 22.0 Å². The predicted octanol–water partition coefficient (Wildman–Crippen LogP) is 5.06. The molecule has 174 valence electrons. The van der Waals surface area contributed by atoms with Gasteiger partial charge >= 0.3 is 5.97 Å². The van der Waals surface area contributed by atoms with Gasteiger partial charge in [0.2, 0.25) is 0 Å². The van der Waals surface area contributed by atoms with Crippen molar-refractivity contribution >= 4 is 23.0 Å². The Morgan fingerprint density at radius 1 is 0.758 bits per heavy atom. The Morgan fingerprint density at radius 3 is 1.94 bits per heavy atom. The van der Waals surface area contributed by atoms with Gasteiger partial charge in [0.05, 0.1) is 24.0 Å². The van der Waals surface area contributed by atoms with Crippen LogP contribution >= 0.6 is 0 Å². The number of hydrogen-bond acceptors (Lipinski definition) is 7. The molecule has 0 spiro atoms. The third kappa shape index (κ3) is 5.68. The molecule has 0 aromatic heterocycles. The van der Waals surface area contributed by atoms with Crippen LogP contribution in [0.25, 0.3) is 0 Å². The smallest absolute Gasteiger partial charge is 0.338 e. The zero-order valence-electron chi connectivity index (χ0n) is 19.7. The van der Waals surface area contributed by atoms with Crippen LogP contribution in [0.15, 0.2) is 54.6 Å². The number of esters is 1. The molecule has 0 saturated heterocycles. The van der Waals surface area contributed by atoms with E-state index in [1.54, 1.807) is 0 Å². The summed E-state index contributed by atoms with van der Waals surface area (Å²) in [5.74, 6) is 0.977. The summed E-state index contributed by atoms with van der Waals surface area (Å²) in [7, 11) is 7.05. The fourth-order valence-corrected chi connectivity index (χ4v) is 3.63. The molecule has 0 heterocycles. The average molecular weight is 450 g/mol. The van der Waals surface area contributed by atoms with Crippen LogP contribution in [0.4, 0.5) is 17.1 Å². The largest absolute Gasteiger partial charge is 0.489 e. The predicted molar refractivity (Wildman–Crippen MR) is 133 cm³/mol. The summed E-state index contributed by atoms with van der Waals surface area (Å²) in [5.41, 5.74) is 6.17. The van der Waals surface area contributed by atoms with Crippen LogP contribution < -0.4 is 25.4 Å². The Bertz CT molecular complexity index is 1110. The lowest BCUT2D eigenvalue weighted by atomic mass is 10.0. The van der Waals surface area contributed by atoms with Crippen LogP contribution in [0.5, 0.6) is 11.5 Å². The molecule has 0 fully saturated rings. The lowest BCUT2D eigenvalue weighted by molar-refractivity contribution is 0.0597. The van der Waals surface area contributed by atoms with Crippen LogP contribution in [0.3, 0.4) is 0 Å². The van der Waals surface area contributed by atoms with Crippen LogP contribution in [-0.4, -0.2) is 34.2 Å². The first-order valence-electron chi connectivity index (χ1n) is 10.7. The molecule has 0 unspecified atom stereocenters. The number of aryl methyl sites for hydroxylation is 1. The van der Waals surface area contributed by atoms with Gasteiger partial charge in [0.25, 0.3) is 0 Å². The van der Waals surface area contributed by atoms with Gasteiger partial charge in [-0.15, -0.1) is 0 Å². The van der Waals surface area contributed by atoms with Crippen molar-refractivity contribution in [2.75, 3.05) is 44.2 Å². The number of anilines is 3. The lowest BCUT2D eigenvalue weighted by Gasteiger charge is -2.17. The van der Waals surface area contributed by atoms with Crippen LogP contribution in [0, 0.1) is 6.92 Å². The zero-order valence-corrected chi connectivity index (χ0v) is 19.7. The highest BCUT2D eigenvalue weighted by Gasteiger charge is 2.15. The first-order chi connectivity index (χ1) is 16.0. The number of hydrogen-bond donors (Lipinski definition) is 3. The van der Waals surface area contributed by atoms with Gasteiger partial charge in [-0.05, 0) is 36.8 Å². The van der Waals surface area contributed by atoms with Crippen molar-refractivity contribution in [3.63, 3.8) is 0 Å². The van der Waals surface area contributed by atoms with E-state index in [-0.39, 0.29) is 12.6 Å². The molecule has 0 aliphatic rings. The summed E-state index contributed by atoms with van der Waals surface area (Å²) in [6.07, 6.45) is 0. The third-order valence-electron chi connectivity index (χ3n) is 5.39. The van der Waals surface area contributed by atoms with Gasteiger partial charge in [-0.3, -0.25) is 0 Å². The number of benzene rings is 3. The van der Waals surface area contributed by atoms with Crippen LogP contribution in [0.1, 0.15) is 27.0 Å². The number of nitrogens with one attached hydrogen (secondary N) is 3. The normalized spacial score (nSPS) is 10.3. The van der Waals surface area contributed by atoms with E-state index >= 15 is 0 Å². The van der Waals surface area contributed by atoms with E-state index in [9.17, 15) is 4.79 Å². The SMILES string of the molecule is CNc1cc(NC)c(NC)cc1COc1cccc(OCc2cccc(C)c2C(=O)OC)c1. The number of carbonyl (C=O) groups is 1. The Hall–Kier alpha value is -3.87. The molecule has 7 nitrogen and oxygen atoms in total. The Morgan fingerprint density at radius 2 is 1.33 bits per heavy atom. The minimum atomic E-state index is -0.366. The van der Waals surface area contributed by atoms with Crippen molar-refractivity contribution in [3.05, 3.63) is 76.9 Å². The van der Waals surface area contributed by atoms with Crippen molar-refractivity contribution < 1.29 is 19.0 Å².